The van der Waals surface area contributed by atoms with Crippen molar-refractivity contribution < 1.29 is 4.79 Å². The van der Waals surface area contributed by atoms with Gasteiger partial charge in [0.1, 0.15) is 0 Å². The van der Waals surface area contributed by atoms with Gasteiger partial charge in [-0.1, -0.05) is 36.9 Å². The topological polar surface area (TPSA) is 17.1 Å². The molecular formula is C11H12OS. The van der Waals surface area contributed by atoms with E-state index in [4.69, 9.17) is 0 Å². The molecule has 0 heterocycles. The number of hydrogen-bond donors (Lipinski definition) is 0. The Morgan fingerprint density at radius 3 is 2.54 bits per heavy atom. The van der Waals surface area contributed by atoms with Crippen LogP contribution in [0.25, 0.3) is 0 Å². The zero-order valence-corrected chi connectivity index (χ0v) is 8.38. The number of carbonyl (C=O) groups is 1. The van der Waals surface area contributed by atoms with Crippen LogP contribution in [0.2, 0.25) is 0 Å². The van der Waals surface area contributed by atoms with Crippen LogP contribution in [0.5, 0.6) is 0 Å². The highest BCUT2D eigenvalue weighted by Crippen LogP contribution is 2.42. The van der Waals surface area contributed by atoms with Gasteiger partial charge >= 0.3 is 0 Å². The van der Waals surface area contributed by atoms with Gasteiger partial charge in [-0.3, -0.25) is 4.79 Å². The van der Waals surface area contributed by atoms with E-state index in [9.17, 15) is 4.79 Å². The Hall–Kier alpha value is -0.760. The Bertz CT molecular complexity index is 307. The van der Waals surface area contributed by atoms with E-state index in [-0.39, 0.29) is 0 Å². The first-order valence-electron chi connectivity index (χ1n) is 4.54. The van der Waals surface area contributed by atoms with Crippen LogP contribution in [0, 0.1) is 11.8 Å². The summed E-state index contributed by atoms with van der Waals surface area (Å²) in [6, 6.07) is 9.86. The molecule has 1 saturated carbocycles. The van der Waals surface area contributed by atoms with Gasteiger partial charge in [-0.05, 0) is 24.5 Å². The lowest BCUT2D eigenvalue weighted by Gasteiger charge is -1.97. The van der Waals surface area contributed by atoms with Crippen LogP contribution in [0.15, 0.2) is 35.2 Å². The third-order valence-electron chi connectivity index (χ3n) is 2.37. The van der Waals surface area contributed by atoms with Gasteiger partial charge in [0.05, 0.1) is 0 Å². The van der Waals surface area contributed by atoms with E-state index in [1.807, 2.05) is 30.3 Å². The maximum absolute atomic E-state index is 11.5. The molecule has 2 heteroatoms. The minimum absolute atomic E-state index is 0.324. The van der Waals surface area contributed by atoms with Crippen molar-refractivity contribution in [2.45, 2.75) is 18.2 Å². The van der Waals surface area contributed by atoms with Crippen LogP contribution in [-0.2, 0) is 4.79 Å². The highest BCUT2D eigenvalue weighted by atomic mass is 32.2. The van der Waals surface area contributed by atoms with Crippen LogP contribution < -0.4 is 0 Å². The monoisotopic (exact) mass is 192 g/mol. The lowest BCUT2D eigenvalue weighted by Crippen LogP contribution is -1.94. The van der Waals surface area contributed by atoms with Crippen molar-refractivity contribution in [3.63, 3.8) is 0 Å². The van der Waals surface area contributed by atoms with E-state index in [0.717, 1.165) is 11.3 Å². The molecule has 0 bridgehead atoms. The minimum atomic E-state index is 0.324. The second kappa shape index (κ2) is 3.54. The van der Waals surface area contributed by atoms with Crippen LogP contribution >= 0.6 is 11.8 Å². The molecule has 1 fully saturated rings. The summed E-state index contributed by atoms with van der Waals surface area (Å²) in [5.74, 6) is 0.939. The standard InChI is InChI=1S/C11H12OS/c1-8-7-10(8)11(12)13-9-5-3-2-4-6-9/h2-6,8,10H,7H2,1H3. The van der Waals surface area contributed by atoms with Crippen LogP contribution in [0.4, 0.5) is 0 Å². The van der Waals surface area contributed by atoms with Gasteiger partial charge in [0.25, 0.3) is 0 Å². The SMILES string of the molecule is CC1CC1C(=O)Sc1ccccc1. The van der Waals surface area contributed by atoms with Gasteiger partial charge in [0.15, 0.2) is 5.12 Å². The van der Waals surface area contributed by atoms with Crippen molar-refractivity contribution >= 4 is 16.9 Å². The van der Waals surface area contributed by atoms with Crippen molar-refractivity contribution in [3.8, 4) is 0 Å². The molecule has 0 aliphatic heterocycles. The molecule has 13 heavy (non-hydrogen) atoms. The lowest BCUT2D eigenvalue weighted by molar-refractivity contribution is -0.112. The highest BCUT2D eigenvalue weighted by molar-refractivity contribution is 8.13. The quantitative estimate of drug-likeness (QED) is 0.670. The summed E-state index contributed by atoms with van der Waals surface area (Å²) in [5.41, 5.74) is 0. The summed E-state index contributed by atoms with van der Waals surface area (Å²) in [7, 11) is 0. The van der Waals surface area contributed by atoms with Crippen molar-refractivity contribution in [3.05, 3.63) is 30.3 Å². The molecule has 0 N–H and O–H groups in total. The number of rotatable bonds is 2. The normalized spacial score (nSPS) is 25.6. The fourth-order valence-electron chi connectivity index (χ4n) is 1.33. The summed E-state index contributed by atoms with van der Waals surface area (Å²) in [4.78, 5) is 12.6. The Morgan fingerprint density at radius 1 is 1.38 bits per heavy atom. The second-order valence-electron chi connectivity index (χ2n) is 3.55. The zero-order chi connectivity index (χ0) is 9.26. The maximum atomic E-state index is 11.5. The van der Waals surface area contributed by atoms with Gasteiger partial charge in [-0.2, -0.15) is 0 Å². The molecule has 0 aromatic heterocycles. The van der Waals surface area contributed by atoms with Crippen LogP contribution in [0.3, 0.4) is 0 Å². The van der Waals surface area contributed by atoms with Crippen molar-refractivity contribution in [1.82, 2.24) is 0 Å². The van der Waals surface area contributed by atoms with Crippen LogP contribution in [-0.4, -0.2) is 5.12 Å². The van der Waals surface area contributed by atoms with Crippen LogP contribution in [0.1, 0.15) is 13.3 Å². The van der Waals surface area contributed by atoms with E-state index < -0.39 is 0 Å². The second-order valence-corrected chi connectivity index (χ2v) is 4.63. The van der Waals surface area contributed by atoms with Gasteiger partial charge in [-0.25, -0.2) is 0 Å². The summed E-state index contributed by atoms with van der Waals surface area (Å²) >= 11 is 1.38. The van der Waals surface area contributed by atoms with E-state index >= 15 is 0 Å². The molecule has 0 saturated heterocycles. The summed E-state index contributed by atoms with van der Waals surface area (Å²) in [5, 5.41) is 0.332. The largest absolute Gasteiger partial charge is 0.287 e. The predicted molar refractivity (Wildman–Crippen MR) is 54.6 cm³/mol. The summed E-state index contributed by atoms with van der Waals surface area (Å²) in [6.07, 6.45) is 1.08. The van der Waals surface area contributed by atoms with Gasteiger partial charge < -0.3 is 0 Å². The zero-order valence-electron chi connectivity index (χ0n) is 7.57. The van der Waals surface area contributed by atoms with E-state index in [2.05, 4.69) is 6.92 Å². The third kappa shape index (κ3) is 2.13. The molecular weight excluding hydrogens is 180 g/mol. The fourth-order valence-corrected chi connectivity index (χ4v) is 2.34. The van der Waals surface area contributed by atoms with E-state index in [1.165, 1.54) is 11.8 Å². The first kappa shape index (κ1) is 8.82. The van der Waals surface area contributed by atoms with Crippen molar-refractivity contribution in [2.24, 2.45) is 11.8 Å². The number of benzene rings is 1. The molecule has 1 aromatic carbocycles. The van der Waals surface area contributed by atoms with Gasteiger partial charge in [0, 0.05) is 10.8 Å². The first-order valence-corrected chi connectivity index (χ1v) is 5.36. The number of thioether (sulfide) groups is 1. The molecule has 2 atom stereocenters. The van der Waals surface area contributed by atoms with Gasteiger partial charge in [0.2, 0.25) is 0 Å². The first-order chi connectivity index (χ1) is 6.27. The fraction of sp³-hybridized carbons (Fsp3) is 0.364. The molecule has 1 aromatic rings. The molecule has 0 amide bonds. The molecule has 68 valence electrons. The Kier molecular flexibility index (Phi) is 2.40. The average Bonchev–Trinajstić information content (AvgIpc) is 2.84. The van der Waals surface area contributed by atoms with E-state index in [0.29, 0.717) is 17.0 Å². The molecule has 2 rings (SSSR count). The number of hydrogen-bond acceptors (Lipinski definition) is 2. The third-order valence-corrected chi connectivity index (χ3v) is 3.39. The highest BCUT2D eigenvalue weighted by Gasteiger charge is 2.39. The smallest absolute Gasteiger partial charge is 0.197 e. The van der Waals surface area contributed by atoms with Crippen molar-refractivity contribution in [2.75, 3.05) is 0 Å². The van der Waals surface area contributed by atoms with E-state index in [1.54, 1.807) is 0 Å². The molecule has 0 spiro atoms. The van der Waals surface area contributed by atoms with Crippen molar-refractivity contribution in [1.29, 1.82) is 0 Å². The average molecular weight is 192 g/mol. The molecule has 1 aliphatic carbocycles. The lowest BCUT2D eigenvalue weighted by atomic mass is 10.4. The predicted octanol–water partition coefficient (Wildman–Crippen LogP) is 2.96. The molecule has 0 radical (unpaired) electrons. The Labute approximate surface area is 82.5 Å². The summed E-state index contributed by atoms with van der Waals surface area (Å²) < 4.78 is 0. The maximum Gasteiger partial charge on any atom is 0.197 e. The Morgan fingerprint density at radius 2 is 2.00 bits per heavy atom. The molecule has 2 unspecified atom stereocenters. The number of carbonyl (C=O) groups excluding carboxylic acids is 1. The molecule has 1 nitrogen and oxygen atoms in total. The summed E-state index contributed by atoms with van der Waals surface area (Å²) in [6.45, 7) is 2.13. The van der Waals surface area contributed by atoms with Gasteiger partial charge in [-0.15, -0.1) is 0 Å². The minimum Gasteiger partial charge on any atom is -0.287 e. The molecule has 1 aliphatic rings. The Balaban J connectivity index is 1.95.